The predicted molar refractivity (Wildman–Crippen MR) is 111 cm³/mol. The molecule has 4 rings (SSSR count). The summed E-state index contributed by atoms with van der Waals surface area (Å²) < 4.78 is 6.96. The van der Waals surface area contributed by atoms with Crippen LogP contribution in [0, 0.1) is 27.7 Å². The van der Waals surface area contributed by atoms with Gasteiger partial charge >= 0.3 is 0 Å². The predicted octanol–water partition coefficient (Wildman–Crippen LogP) is 4.81. The highest BCUT2D eigenvalue weighted by Crippen LogP contribution is 2.35. The summed E-state index contributed by atoms with van der Waals surface area (Å²) in [4.78, 5) is 25.2. The highest BCUT2D eigenvalue weighted by Gasteiger charge is 2.29. The molecule has 0 radical (unpaired) electrons. The molecule has 27 heavy (non-hydrogen) atoms. The number of fused-ring (bicyclic) bond motifs is 1. The third-order valence-electron chi connectivity index (χ3n) is 4.91. The number of carbonyl (C=O) groups is 1. The number of carbonyl (C=O) groups excluding carboxylic acids is 1. The highest BCUT2D eigenvalue weighted by atomic mass is 32.1. The summed E-state index contributed by atoms with van der Waals surface area (Å²) >= 11 is 3.04. The molecule has 1 amide bonds. The van der Waals surface area contributed by atoms with Gasteiger partial charge in [0.05, 0.1) is 33.6 Å². The Balaban J connectivity index is 1.77. The lowest BCUT2D eigenvalue weighted by Gasteiger charge is -2.22. The van der Waals surface area contributed by atoms with Crippen molar-refractivity contribution in [3.8, 4) is 0 Å². The third kappa shape index (κ3) is 3.51. The minimum atomic E-state index is -0.0250. The SMILES string of the molecule is Cc1nc(C)c(C(=O)N(CC2CCCO2)c2nc3c(C)ccc(C)c3s2)s1. The van der Waals surface area contributed by atoms with Crippen molar-refractivity contribution in [2.24, 2.45) is 0 Å². The summed E-state index contributed by atoms with van der Waals surface area (Å²) in [6.45, 7) is 9.29. The van der Waals surface area contributed by atoms with Gasteiger partial charge in [-0.15, -0.1) is 11.3 Å². The van der Waals surface area contributed by atoms with Gasteiger partial charge in [-0.25, -0.2) is 9.97 Å². The molecule has 3 aromatic rings. The Labute approximate surface area is 167 Å². The fourth-order valence-electron chi connectivity index (χ4n) is 3.46. The number of aryl methyl sites for hydroxylation is 4. The summed E-state index contributed by atoms with van der Waals surface area (Å²) in [5.41, 5.74) is 4.09. The third-order valence-corrected chi connectivity index (χ3v) is 7.19. The number of anilines is 1. The van der Waals surface area contributed by atoms with Crippen LogP contribution in [0.1, 0.15) is 44.3 Å². The second kappa shape index (κ2) is 7.30. The van der Waals surface area contributed by atoms with Gasteiger partial charge < -0.3 is 4.74 Å². The first kappa shape index (κ1) is 18.5. The van der Waals surface area contributed by atoms with Crippen molar-refractivity contribution >= 4 is 43.9 Å². The molecule has 1 aromatic carbocycles. The molecule has 1 aliphatic heterocycles. The van der Waals surface area contributed by atoms with Crippen LogP contribution in [0.3, 0.4) is 0 Å². The molecule has 0 N–H and O–H groups in total. The summed E-state index contributed by atoms with van der Waals surface area (Å²) in [5, 5.41) is 1.65. The van der Waals surface area contributed by atoms with Crippen molar-refractivity contribution in [2.75, 3.05) is 18.1 Å². The lowest BCUT2D eigenvalue weighted by atomic mass is 10.1. The largest absolute Gasteiger partial charge is 0.376 e. The molecule has 2 aromatic heterocycles. The zero-order chi connectivity index (χ0) is 19.1. The molecule has 0 spiro atoms. The van der Waals surface area contributed by atoms with E-state index in [1.807, 2.05) is 13.8 Å². The van der Waals surface area contributed by atoms with E-state index in [2.05, 4.69) is 31.0 Å². The molecule has 5 nitrogen and oxygen atoms in total. The van der Waals surface area contributed by atoms with Gasteiger partial charge in [0.1, 0.15) is 4.88 Å². The summed E-state index contributed by atoms with van der Waals surface area (Å²) in [6, 6.07) is 4.20. The van der Waals surface area contributed by atoms with Crippen LogP contribution in [0.25, 0.3) is 10.2 Å². The Hall–Kier alpha value is -1.83. The zero-order valence-electron chi connectivity index (χ0n) is 16.0. The first-order chi connectivity index (χ1) is 12.9. The van der Waals surface area contributed by atoms with Gasteiger partial charge in [-0.05, 0) is 51.7 Å². The van der Waals surface area contributed by atoms with E-state index in [1.165, 1.54) is 16.9 Å². The van der Waals surface area contributed by atoms with Crippen LogP contribution in [0.5, 0.6) is 0 Å². The fourth-order valence-corrected chi connectivity index (χ4v) is 5.44. The molecular formula is C20H23N3O2S2. The van der Waals surface area contributed by atoms with Crippen LogP contribution < -0.4 is 4.90 Å². The number of ether oxygens (including phenoxy) is 1. The Morgan fingerprint density at radius 3 is 2.59 bits per heavy atom. The average Bonchev–Trinajstić information content (AvgIpc) is 3.35. The maximum Gasteiger partial charge on any atom is 0.272 e. The van der Waals surface area contributed by atoms with E-state index in [1.54, 1.807) is 16.2 Å². The number of hydrogen-bond acceptors (Lipinski definition) is 6. The molecule has 1 fully saturated rings. The number of thiazole rings is 2. The van der Waals surface area contributed by atoms with Gasteiger partial charge in [0.25, 0.3) is 5.91 Å². The van der Waals surface area contributed by atoms with Crippen molar-refractivity contribution in [1.29, 1.82) is 0 Å². The minimum absolute atomic E-state index is 0.0250. The molecule has 1 saturated heterocycles. The molecule has 0 aliphatic carbocycles. The Kier molecular flexibility index (Phi) is 5.01. The van der Waals surface area contributed by atoms with E-state index < -0.39 is 0 Å². The number of rotatable bonds is 4. The maximum absolute atomic E-state index is 13.4. The molecule has 0 bridgehead atoms. The Morgan fingerprint density at radius 1 is 1.19 bits per heavy atom. The molecule has 1 aliphatic rings. The summed E-state index contributed by atoms with van der Waals surface area (Å²) in [7, 11) is 0. The quantitative estimate of drug-likeness (QED) is 0.629. The molecule has 7 heteroatoms. The minimum Gasteiger partial charge on any atom is -0.376 e. The lowest BCUT2D eigenvalue weighted by molar-refractivity contribution is 0.0920. The Morgan fingerprint density at radius 2 is 1.96 bits per heavy atom. The van der Waals surface area contributed by atoms with Crippen molar-refractivity contribution in [3.05, 3.63) is 38.8 Å². The number of aromatic nitrogens is 2. The molecule has 142 valence electrons. The number of hydrogen-bond donors (Lipinski definition) is 0. The highest BCUT2D eigenvalue weighted by molar-refractivity contribution is 7.22. The number of amides is 1. The van der Waals surface area contributed by atoms with E-state index in [0.29, 0.717) is 11.4 Å². The number of benzene rings is 1. The molecule has 3 heterocycles. The van der Waals surface area contributed by atoms with E-state index in [0.717, 1.165) is 51.1 Å². The molecular weight excluding hydrogens is 378 g/mol. The lowest BCUT2D eigenvalue weighted by Crippen LogP contribution is -2.37. The smallest absolute Gasteiger partial charge is 0.272 e. The van der Waals surface area contributed by atoms with Gasteiger partial charge in [-0.3, -0.25) is 9.69 Å². The van der Waals surface area contributed by atoms with E-state index in [-0.39, 0.29) is 12.0 Å². The average molecular weight is 402 g/mol. The van der Waals surface area contributed by atoms with Crippen LogP contribution in [-0.2, 0) is 4.74 Å². The van der Waals surface area contributed by atoms with E-state index in [4.69, 9.17) is 9.72 Å². The fraction of sp³-hybridized carbons (Fsp3) is 0.450. The van der Waals surface area contributed by atoms with Crippen LogP contribution >= 0.6 is 22.7 Å². The first-order valence-electron chi connectivity index (χ1n) is 9.18. The van der Waals surface area contributed by atoms with E-state index >= 15 is 0 Å². The summed E-state index contributed by atoms with van der Waals surface area (Å²) in [6.07, 6.45) is 2.09. The van der Waals surface area contributed by atoms with Crippen molar-refractivity contribution < 1.29 is 9.53 Å². The van der Waals surface area contributed by atoms with Gasteiger partial charge in [0.2, 0.25) is 0 Å². The zero-order valence-corrected chi connectivity index (χ0v) is 17.7. The van der Waals surface area contributed by atoms with Crippen molar-refractivity contribution in [3.63, 3.8) is 0 Å². The topological polar surface area (TPSA) is 55.3 Å². The maximum atomic E-state index is 13.4. The van der Waals surface area contributed by atoms with Gasteiger partial charge in [0.15, 0.2) is 5.13 Å². The molecule has 1 atom stereocenters. The second-order valence-corrected chi connectivity index (χ2v) is 9.25. The van der Waals surface area contributed by atoms with E-state index in [9.17, 15) is 4.79 Å². The number of nitrogens with zero attached hydrogens (tertiary/aromatic N) is 3. The summed E-state index contributed by atoms with van der Waals surface area (Å²) in [5.74, 6) is -0.0250. The van der Waals surface area contributed by atoms with Crippen molar-refractivity contribution in [2.45, 2.75) is 46.6 Å². The standard InChI is InChI=1S/C20H23N3O2S2/c1-11-7-8-12(2)17-16(11)22-20(27-17)23(10-15-6-5-9-25-15)19(24)18-13(3)21-14(4)26-18/h7-8,15H,5-6,9-10H2,1-4H3. The molecule has 0 saturated carbocycles. The van der Waals surface area contributed by atoms with Crippen molar-refractivity contribution in [1.82, 2.24) is 9.97 Å². The first-order valence-corrected chi connectivity index (χ1v) is 10.8. The van der Waals surface area contributed by atoms with Gasteiger partial charge in [0, 0.05) is 6.61 Å². The van der Waals surface area contributed by atoms with Gasteiger partial charge in [-0.2, -0.15) is 0 Å². The molecule has 1 unspecified atom stereocenters. The van der Waals surface area contributed by atoms with Gasteiger partial charge in [-0.1, -0.05) is 23.5 Å². The Bertz CT molecular complexity index is 963. The van der Waals surface area contributed by atoms with Crippen LogP contribution in [-0.4, -0.2) is 35.1 Å². The van der Waals surface area contributed by atoms with Crippen LogP contribution in [0.2, 0.25) is 0 Å². The van der Waals surface area contributed by atoms with Crippen LogP contribution in [0.15, 0.2) is 12.1 Å². The second-order valence-electron chi connectivity index (χ2n) is 7.07. The monoisotopic (exact) mass is 401 g/mol. The van der Waals surface area contributed by atoms with Crippen LogP contribution in [0.4, 0.5) is 5.13 Å². The normalized spacial score (nSPS) is 17.0.